The van der Waals surface area contributed by atoms with Crippen LogP contribution in [0.5, 0.6) is 0 Å². The number of carbonyl (C=O) groups excluding carboxylic acids is 1. The fourth-order valence-corrected chi connectivity index (χ4v) is 3.75. The van der Waals surface area contributed by atoms with Gasteiger partial charge in [-0.2, -0.15) is 13.2 Å². The van der Waals surface area contributed by atoms with Gasteiger partial charge in [0.05, 0.1) is 12.7 Å². The number of hydrogen-bond donors (Lipinski definition) is 1. The van der Waals surface area contributed by atoms with Crippen molar-refractivity contribution < 1.29 is 26.4 Å². The van der Waals surface area contributed by atoms with Crippen molar-refractivity contribution in [2.45, 2.75) is 18.5 Å². The summed E-state index contributed by atoms with van der Waals surface area (Å²) < 4.78 is 62.3. The number of hydrogen-bond acceptors (Lipinski definition) is 4. The topological polar surface area (TPSA) is 83.8 Å². The summed E-state index contributed by atoms with van der Waals surface area (Å²) in [4.78, 5) is 18.6. The molecule has 1 amide bonds. The van der Waals surface area contributed by atoms with Gasteiger partial charge in [-0.15, -0.1) is 12.4 Å². The van der Waals surface area contributed by atoms with Crippen molar-refractivity contribution in [1.82, 2.24) is 14.1 Å². The van der Waals surface area contributed by atoms with Gasteiger partial charge in [0.15, 0.2) is 0 Å². The van der Waals surface area contributed by atoms with Crippen LogP contribution in [0.3, 0.4) is 0 Å². The van der Waals surface area contributed by atoms with Crippen LogP contribution in [0.15, 0.2) is 48.7 Å². The van der Waals surface area contributed by atoms with Gasteiger partial charge in [-0.1, -0.05) is 18.2 Å². The molecule has 1 N–H and O–H groups in total. The second kappa shape index (κ2) is 7.89. The summed E-state index contributed by atoms with van der Waals surface area (Å²) in [7, 11) is -5.35. The maximum atomic E-state index is 12.8. The summed E-state index contributed by atoms with van der Waals surface area (Å²) >= 11 is 0. The number of aromatic nitrogens is 2. The zero-order chi connectivity index (χ0) is 20.8. The van der Waals surface area contributed by atoms with Crippen molar-refractivity contribution in [3.63, 3.8) is 0 Å². The van der Waals surface area contributed by atoms with Crippen molar-refractivity contribution in [3.8, 4) is 0 Å². The lowest BCUT2D eigenvalue weighted by molar-refractivity contribution is -0.0447. The molecule has 0 aliphatic carbocycles. The zero-order valence-electron chi connectivity index (χ0n) is 15.3. The number of imidazole rings is 1. The number of amides is 1. The highest BCUT2D eigenvalue weighted by molar-refractivity contribution is 7.90. The van der Waals surface area contributed by atoms with E-state index >= 15 is 0 Å². The average molecular weight is 461 g/mol. The summed E-state index contributed by atoms with van der Waals surface area (Å²) in [6.07, 6.45) is 1.60. The molecule has 0 saturated heterocycles. The van der Waals surface area contributed by atoms with E-state index in [0.29, 0.717) is 29.1 Å². The average Bonchev–Trinajstić information content (AvgIpc) is 3.10. The van der Waals surface area contributed by atoms with E-state index in [1.54, 1.807) is 33.6 Å². The normalized spacial score (nSPS) is 14.1. The Morgan fingerprint density at radius 1 is 1.10 bits per heavy atom. The Bertz CT molecular complexity index is 1190. The van der Waals surface area contributed by atoms with Crippen LogP contribution in [0.1, 0.15) is 21.7 Å². The molecular formula is C18H16ClF3N4O3S. The lowest BCUT2D eigenvalue weighted by Gasteiger charge is -2.27. The number of rotatable bonds is 5. The molecule has 4 rings (SSSR count). The molecule has 3 heterocycles. The van der Waals surface area contributed by atoms with E-state index in [2.05, 4.69) is 4.98 Å². The van der Waals surface area contributed by atoms with E-state index < -0.39 is 15.5 Å². The molecule has 0 fully saturated rings. The number of nitrogens with zero attached hydrogens (tertiary/aromatic N) is 3. The highest BCUT2D eigenvalue weighted by Crippen LogP contribution is 2.26. The number of carbonyl (C=O) groups is 1. The smallest absolute Gasteiger partial charge is 0.301 e. The third kappa shape index (κ3) is 3.87. The molecular weight excluding hydrogens is 445 g/mol. The Morgan fingerprint density at radius 2 is 1.80 bits per heavy atom. The number of benzene rings is 1. The Labute approximate surface area is 176 Å². The highest BCUT2D eigenvalue weighted by Gasteiger charge is 2.45. The molecule has 0 radical (unpaired) electrons. The van der Waals surface area contributed by atoms with Gasteiger partial charge >= 0.3 is 15.5 Å². The summed E-state index contributed by atoms with van der Waals surface area (Å²) in [6, 6.07) is 12.2. The fraction of sp³-hybridized carbons (Fsp3) is 0.222. The maximum absolute atomic E-state index is 12.8. The maximum Gasteiger partial charge on any atom is 0.511 e. The van der Waals surface area contributed by atoms with Crippen LogP contribution in [0.4, 0.5) is 18.9 Å². The molecule has 0 saturated carbocycles. The van der Waals surface area contributed by atoms with E-state index in [0.717, 1.165) is 5.69 Å². The predicted molar refractivity (Wildman–Crippen MR) is 106 cm³/mol. The van der Waals surface area contributed by atoms with Gasteiger partial charge in [0.2, 0.25) is 0 Å². The Balaban J connectivity index is 0.00000256. The van der Waals surface area contributed by atoms with Crippen LogP contribution in [-0.2, 0) is 23.0 Å². The van der Waals surface area contributed by atoms with Gasteiger partial charge in [-0.3, -0.25) is 9.20 Å². The lowest BCUT2D eigenvalue weighted by atomic mass is 10.1. The second-order valence-electron chi connectivity index (χ2n) is 6.51. The van der Waals surface area contributed by atoms with E-state index in [1.807, 2.05) is 18.2 Å². The van der Waals surface area contributed by atoms with Crippen LogP contribution in [0.2, 0.25) is 0 Å². The molecule has 12 heteroatoms. The van der Waals surface area contributed by atoms with Crippen LogP contribution in [0.25, 0.3) is 5.65 Å². The third-order valence-corrected chi connectivity index (χ3v) is 5.85. The zero-order valence-corrected chi connectivity index (χ0v) is 16.9. The van der Waals surface area contributed by atoms with Gasteiger partial charge in [-0.05, 0) is 36.2 Å². The summed E-state index contributed by atoms with van der Waals surface area (Å²) in [6.45, 7) is -0.0325. The van der Waals surface area contributed by atoms with Crippen LogP contribution < -0.4 is 9.62 Å². The Hall–Kier alpha value is -2.63. The first-order valence-electron chi connectivity index (χ1n) is 8.59. The summed E-state index contributed by atoms with van der Waals surface area (Å²) in [5.41, 5.74) is -2.02. The van der Waals surface area contributed by atoms with E-state index in [-0.39, 0.29) is 31.3 Å². The van der Waals surface area contributed by atoms with Gasteiger partial charge in [0, 0.05) is 17.9 Å². The molecule has 0 atom stereocenters. The molecule has 7 nitrogen and oxygen atoms in total. The molecule has 0 bridgehead atoms. The van der Waals surface area contributed by atoms with Crippen molar-refractivity contribution in [2.75, 3.05) is 11.4 Å². The SMILES string of the molecule is Cl.O=C1c2cnc3cccc(n23)CN1c1ccc(CCNS(=O)(=O)C(F)(F)F)cc1. The Morgan fingerprint density at radius 3 is 2.47 bits per heavy atom. The van der Waals surface area contributed by atoms with E-state index in [4.69, 9.17) is 0 Å². The van der Waals surface area contributed by atoms with Crippen molar-refractivity contribution in [1.29, 1.82) is 0 Å². The minimum atomic E-state index is -5.35. The standard InChI is InChI=1S/C18H15F3N4O3S.ClH/c19-18(20,21)29(27,28)23-9-8-12-4-6-13(7-5-12)24-11-14-2-1-3-16-22-10-15(17(24)26)25(14)16;/h1-7,10,23H,8-9,11H2;1H. The summed E-state index contributed by atoms with van der Waals surface area (Å²) in [5.74, 6) is -0.207. The largest absolute Gasteiger partial charge is 0.511 e. The fourth-order valence-electron chi connectivity index (χ4n) is 3.21. The number of anilines is 1. The van der Waals surface area contributed by atoms with Gasteiger partial charge in [0.1, 0.15) is 11.3 Å². The number of nitrogens with one attached hydrogen (secondary N) is 1. The molecule has 1 aliphatic heterocycles. The molecule has 0 spiro atoms. The van der Waals surface area contributed by atoms with Crippen LogP contribution in [-0.4, -0.2) is 35.8 Å². The van der Waals surface area contributed by atoms with E-state index in [1.165, 1.54) is 10.9 Å². The first kappa shape index (κ1) is 22.1. The molecule has 3 aromatic rings. The Kier molecular flexibility index (Phi) is 5.81. The lowest BCUT2D eigenvalue weighted by Crippen LogP contribution is -2.37. The van der Waals surface area contributed by atoms with Gasteiger partial charge in [-0.25, -0.2) is 18.1 Å². The van der Waals surface area contributed by atoms with Gasteiger partial charge < -0.3 is 4.90 Å². The summed E-state index contributed by atoms with van der Waals surface area (Å²) in [5, 5.41) is 0. The van der Waals surface area contributed by atoms with Gasteiger partial charge in [0.25, 0.3) is 5.91 Å². The monoisotopic (exact) mass is 460 g/mol. The number of alkyl halides is 3. The van der Waals surface area contributed by atoms with Crippen molar-refractivity contribution >= 4 is 39.7 Å². The third-order valence-electron chi connectivity index (χ3n) is 4.65. The minimum absolute atomic E-state index is 0. The van der Waals surface area contributed by atoms with Crippen molar-refractivity contribution in [2.24, 2.45) is 0 Å². The number of sulfonamides is 1. The molecule has 2 aromatic heterocycles. The molecule has 160 valence electrons. The predicted octanol–water partition coefficient (Wildman–Crippen LogP) is 2.90. The molecule has 1 aliphatic rings. The first-order valence-corrected chi connectivity index (χ1v) is 10.1. The highest BCUT2D eigenvalue weighted by atomic mass is 35.5. The minimum Gasteiger partial charge on any atom is -0.301 e. The quantitative estimate of drug-likeness (QED) is 0.634. The number of halogens is 4. The first-order chi connectivity index (χ1) is 13.7. The van der Waals surface area contributed by atoms with Crippen LogP contribution in [0, 0.1) is 0 Å². The van der Waals surface area contributed by atoms with E-state index in [9.17, 15) is 26.4 Å². The number of pyridine rings is 1. The molecule has 1 aromatic carbocycles. The molecule has 30 heavy (non-hydrogen) atoms. The second-order valence-corrected chi connectivity index (χ2v) is 8.26. The van der Waals surface area contributed by atoms with Crippen LogP contribution >= 0.6 is 12.4 Å². The molecule has 0 unspecified atom stereocenters. The van der Waals surface area contributed by atoms with Crippen molar-refractivity contribution in [3.05, 3.63) is 65.6 Å².